The van der Waals surface area contributed by atoms with Crippen molar-refractivity contribution in [3.63, 3.8) is 0 Å². The van der Waals surface area contributed by atoms with E-state index in [1.165, 1.54) is 11.3 Å². The van der Waals surface area contributed by atoms with Crippen molar-refractivity contribution >= 4 is 16.5 Å². The van der Waals surface area contributed by atoms with Crippen LogP contribution in [0.25, 0.3) is 0 Å². The van der Waals surface area contributed by atoms with Crippen LogP contribution in [0.2, 0.25) is 0 Å². The third-order valence-electron chi connectivity index (χ3n) is 3.28. The fraction of sp³-hybridized carbons (Fsp3) is 0.818. The van der Waals surface area contributed by atoms with E-state index in [1.807, 2.05) is 0 Å². The molecule has 1 aromatic heterocycles. The number of nitrogens with zero attached hydrogens (tertiary/aromatic N) is 5. The van der Waals surface area contributed by atoms with Crippen LogP contribution < -0.4 is 11.3 Å². The van der Waals surface area contributed by atoms with E-state index in [9.17, 15) is 0 Å². The lowest BCUT2D eigenvalue weighted by atomic mass is 10.3. The molecule has 108 valence electrons. The van der Waals surface area contributed by atoms with E-state index in [4.69, 9.17) is 5.84 Å². The maximum Gasteiger partial charge on any atom is 0.219 e. The normalized spacial score (nSPS) is 18.1. The van der Waals surface area contributed by atoms with Crippen LogP contribution in [-0.4, -0.2) is 78.3 Å². The Hall–Kier alpha value is -0.800. The highest BCUT2D eigenvalue weighted by molar-refractivity contribution is 7.15. The van der Waals surface area contributed by atoms with Crippen molar-refractivity contribution in [3.8, 4) is 0 Å². The second kappa shape index (κ2) is 7.11. The highest BCUT2D eigenvalue weighted by Gasteiger charge is 2.18. The van der Waals surface area contributed by atoms with Crippen molar-refractivity contribution in [2.75, 3.05) is 58.8 Å². The summed E-state index contributed by atoms with van der Waals surface area (Å²) in [5.74, 6) is 5.31. The summed E-state index contributed by atoms with van der Waals surface area (Å²) in [6.45, 7) is 7.61. The Morgan fingerprint density at radius 3 is 2.47 bits per heavy atom. The van der Waals surface area contributed by atoms with Gasteiger partial charge in [-0.25, -0.2) is 5.84 Å². The molecular weight excluding hydrogens is 262 g/mol. The van der Waals surface area contributed by atoms with Crippen molar-refractivity contribution in [1.82, 2.24) is 24.9 Å². The molecule has 2 rings (SSSR count). The molecule has 1 saturated heterocycles. The fourth-order valence-corrected chi connectivity index (χ4v) is 2.77. The molecule has 3 N–H and O–H groups in total. The average molecular weight is 285 g/mol. The minimum Gasteiger partial charge on any atom is -0.308 e. The maximum atomic E-state index is 5.31. The van der Waals surface area contributed by atoms with Gasteiger partial charge in [-0.2, -0.15) is 0 Å². The maximum absolute atomic E-state index is 5.31. The van der Waals surface area contributed by atoms with Crippen LogP contribution in [0.4, 0.5) is 5.13 Å². The molecule has 0 saturated carbocycles. The minimum absolute atomic E-state index is 0.680. The van der Waals surface area contributed by atoms with Crippen LogP contribution in [0.15, 0.2) is 0 Å². The van der Waals surface area contributed by atoms with Crippen molar-refractivity contribution < 1.29 is 0 Å². The molecule has 1 aliphatic rings. The molecular formula is C11H23N7S. The lowest BCUT2D eigenvalue weighted by molar-refractivity contribution is 0.120. The van der Waals surface area contributed by atoms with E-state index < -0.39 is 0 Å². The quantitative estimate of drug-likeness (QED) is 0.539. The van der Waals surface area contributed by atoms with Crippen LogP contribution in [0.5, 0.6) is 0 Å². The van der Waals surface area contributed by atoms with Crippen molar-refractivity contribution in [3.05, 3.63) is 5.01 Å². The van der Waals surface area contributed by atoms with E-state index >= 15 is 0 Å². The summed E-state index contributed by atoms with van der Waals surface area (Å²) >= 11 is 1.52. The summed E-state index contributed by atoms with van der Waals surface area (Å²) in [7, 11) is 4.24. The average Bonchev–Trinajstić information content (AvgIpc) is 2.85. The van der Waals surface area contributed by atoms with Gasteiger partial charge < -0.3 is 4.90 Å². The first-order valence-corrected chi connectivity index (χ1v) is 7.37. The summed E-state index contributed by atoms with van der Waals surface area (Å²) in [5, 5.41) is 9.78. The number of nitrogen functional groups attached to an aromatic ring is 1. The summed E-state index contributed by atoms with van der Waals surface area (Å²) in [6.07, 6.45) is 0. The van der Waals surface area contributed by atoms with Gasteiger partial charge in [0.25, 0.3) is 0 Å². The number of likely N-dealkylation sites (N-methyl/N-ethyl adjacent to an activating group) is 1. The van der Waals surface area contributed by atoms with Gasteiger partial charge in [-0.3, -0.25) is 15.2 Å². The van der Waals surface area contributed by atoms with Gasteiger partial charge in [-0.1, -0.05) is 11.3 Å². The molecule has 0 radical (unpaired) electrons. The van der Waals surface area contributed by atoms with Crippen LogP contribution in [0.3, 0.4) is 0 Å². The molecule has 0 unspecified atom stereocenters. The molecule has 0 aliphatic carbocycles. The first-order chi connectivity index (χ1) is 9.17. The first-order valence-electron chi connectivity index (χ1n) is 6.56. The number of hydrogen-bond acceptors (Lipinski definition) is 8. The van der Waals surface area contributed by atoms with Crippen molar-refractivity contribution in [2.24, 2.45) is 5.84 Å². The topological polar surface area (TPSA) is 73.5 Å². The number of hydrogen-bond donors (Lipinski definition) is 2. The Kier molecular flexibility index (Phi) is 5.46. The minimum atomic E-state index is 0.680. The summed E-state index contributed by atoms with van der Waals surface area (Å²) in [5.41, 5.74) is 2.53. The standard InChI is InChI=1S/C11H23N7S/c1-16(2)3-4-17-5-7-18(8-6-17)9-10-14-15-11(13-12)19-10/h3-9,12H2,1-2H3,(H,13,15). The fourth-order valence-electron chi connectivity index (χ4n) is 2.08. The molecule has 1 aromatic rings. The van der Waals surface area contributed by atoms with Crippen LogP contribution in [-0.2, 0) is 6.54 Å². The Morgan fingerprint density at radius 2 is 1.89 bits per heavy atom. The molecule has 7 nitrogen and oxygen atoms in total. The molecule has 1 aliphatic heterocycles. The number of rotatable bonds is 6. The summed E-state index contributed by atoms with van der Waals surface area (Å²) < 4.78 is 0. The van der Waals surface area contributed by atoms with Crippen LogP contribution in [0, 0.1) is 0 Å². The lowest BCUT2D eigenvalue weighted by Crippen LogP contribution is -2.47. The van der Waals surface area contributed by atoms with E-state index in [1.54, 1.807) is 0 Å². The zero-order valence-corrected chi connectivity index (χ0v) is 12.5. The summed E-state index contributed by atoms with van der Waals surface area (Å²) in [4.78, 5) is 7.17. The zero-order valence-electron chi connectivity index (χ0n) is 11.7. The van der Waals surface area contributed by atoms with E-state index in [0.717, 1.165) is 50.8 Å². The third-order valence-corrected chi connectivity index (χ3v) is 4.12. The van der Waals surface area contributed by atoms with E-state index in [-0.39, 0.29) is 0 Å². The van der Waals surface area contributed by atoms with Gasteiger partial charge in [0.2, 0.25) is 5.13 Å². The molecule has 8 heteroatoms. The second-order valence-corrected chi connectivity index (χ2v) is 6.13. The molecule has 1 fully saturated rings. The highest BCUT2D eigenvalue weighted by Crippen LogP contribution is 2.16. The molecule has 0 spiro atoms. The van der Waals surface area contributed by atoms with E-state index in [0.29, 0.717) is 5.13 Å². The van der Waals surface area contributed by atoms with Crippen molar-refractivity contribution in [1.29, 1.82) is 0 Å². The van der Waals surface area contributed by atoms with Gasteiger partial charge >= 0.3 is 0 Å². The Morgan fingerprint density at radius 1 is 1.21 bits per heavy atom. The Balaban J connectivity index is 1.71. The zero-order chi connectivity index (χ0) is 13.7. The van der Waals surface area contributed by atoms with Gasteiger partial charge in [0.05, 0.1) is 6.54 Å². The molecule has 0 bridgehead atoms. The van der Waals surface area contributed by atoms with Gasteiger partial charge in [0.15, 0.2) is 0 Å². The molecule has 0 atom stereocenters. The van der Waals surface area contributed by atoms with Gasteiger partial charge in [-0.15, -0.1) is 10.2 Å². The SMILES string of the molecule is CN(C)CCN1CCN(Cc2nnc(NN)s2)CC1. The summed E-state index contributed by atoms with van der Waals surface area (Å²) in [6, 6.07) is 0. The number of hydrazine groups is 1. The molecule has 2 heterocycles. The number of aromatic nitrogens is 2. The monoisotopic (exact) mass is 285 g/mol. The van der Waals surface area contributed by atoms with Crippen LogP contribution >= 0.6 is 11.3 Å². The lowest BCUT2D eigenvalue weighted by Gasteiger charge is -2.34. The predicted molar refractivity (Wildman–Crippen MR) is 78.0 cm³/mol. The third kappa shape index (κ3) is 4.66. The number of nitrogens with two attached hydrogens (primary N) is 1. The molecule has 0 amide bonds. The van der Waals surface area contributed by atoms with Gasteiger partial charge in [0.1, 0.15) is 5.01 Å². The largest absolute Gasteiger partial charge is 0.308 e. The van der Waals surface area contributed by atoms with Crippen LogP contribution in [0.1, 0.15) is 5.01 Å². The number of piperazine rings is 1. The Bertz CT molecular complexity index is 373. The number of anilines is 1. The predicted octanol–water partition coefficient (Wildman–Crippen LogP) is -0.497. The van der Waals surface area contributed by atoms with Gasteiger partial charge in [-0.05, 0) is 14.1 Å². The second-order valence-electron chi connectivity index (χ2n) is 5.07. The van der Waals surface area contributed by atoms with Crippen molar-refractivity contribution in [2.45, 2.75) is 6.54 Å². The smallest absolute Gasteiger partial charge is 0.219 e. The molecule has 19 heavy (non-hydrogen) atoms. The van der Waals surface area contributed by atoms with E-state index in [2.05, 4.69) is 44.4 Å². The first kappa shape index (κ1) is 14.6. The van der Waals surface area contributed by atoms with Gasteiger partial charge in [0, 0.05) is 39.3 Å². The number of nitrogens with one attached hydrogen (secondary N) is 1. The Labute approximate surface area is 118 Å². The molecule has 0 aromatic carbocycles. The highest BCUT2D eigenvalue weighted by atomic mass is 32.1.